The number of piperidine rings is 1. The first-order valence-electron chi connectivity index (χ1n) is 11.9. The van der Waals surface area contributed by atoms with Crippen LogP contribution in [-0.4, -0.2) is 83.1 Å². The van der Waals surface area contributed by atoms with Crippen molar-refractivity contribution in [1.82, 2.24) is 25.1 Å². The van der Waals surface area contributed by atoms with Gasteiger partial charge >= 0.3 is 0 Å². The van der Waals surface area contributed by atoms with Crippen molar-refractivity contribution in [2.75, 3.05) is 51.8 Å². The molecule has 1 aliphatic rings. The summed E-state index contributed by atoms with van der Waals surface area (Å²) in [5, 5.41) is 18.9. The van der Waals surface area contributed by atoms with Crippen LogP contribution in [0.3, 0.4) is 0 Å². The summed E-state index contributed by atoms with van der Waals surface area (Å²) in [6.45, 7) is 6.14. The van der Waals surface area contributed by atoms with Crippen molar-refractivity contribution >= 4 is 28.9 Å². The highest BCUT2D eigenvalue weighted by molar-refractivity contribution is 7.80. The summed E-state index contributed by atoms with van der Waals surface area (Å²) < 4.78 is 13.3. The van der Waals surface area contributed by atoms with Gasteiger partial charge in [-0.2, -0.15) is 0 Å². The van der Waals surface area contributed by atoms with Crippen LogP contribution in [0.15, 0.2) is 30.7 Å². The first-order chi connectivity index (χ1) is 17.0. The third-order valence-corrected chi connectivity index (χ3v) is 6.18. The van der Waals surface area contributed by atoms with E-state index in [1.807, 2.05) is 25.5 Å². The van der Waals surface area contributed by atoms with Gasteiger partial charge in [-0.05, 0) is 50.5 Å². The number of likely N-dealkylation sites (tertiary alicyclic amines) is 1. The van der Waals surface area contributed by atoms with Crippen LogP contribution in [0.1, 0.15) is 25.0 Å². The summed E-state index contributed by atoms with van der Waals surface area (Å²) in [6.07, 6.45) is 6.32. The maximum atomic E-state index is 12.3. The minimum atomic E-state index is -0.161. The number of methoxy groups -OCH3 is 1. The van der Waals surface area contributed by atoms with Gasteiger partial charge in [0.25, 0.3) is 5.91 Å². The number of rotatable bonds is 12. The van der Waals surface area contributed by atoms with Crippen LogP contribution in [-0.2, 0) is 11.3 Å². The number of aromatic nitrogens is 2. The Balaban J connectivity index is 1.39. The predicted octanol–water partition coefficient (Wildman–Crippen LogP) is 1.53. The molecule has 11 heteroatoms. The molecule has 1 saturated heterocycles. The number of thiocarbonyl (C=S) groups is 1. The van der Waals surface area contributed by atoms with Gasteiger partial charge in [0, 0.05) is 62.4 Å². The molecule has 0 radical (unpaired) electrons. The van der Waals surface area contributed by atoms with E-state index in [9.17, 15) is 4.79 Å². The van der Waals surface area contributed by atoms with Gasteiger partial charge in [-0.1, -0.05) is 0 Å². The normalized spacial score (nSPS) is 14.4. The highest BCUT2D eigenvalue weighted by Crippen LogP contribution is 2.30. The van der Waals surface area contributed by atoms with Crippen molar-refractivity contribution < 1.29 is 19.4 Å². The number of β-amino-alcohol motifs (C(OH)–C–C–N with tert-alkyl or cyclic N) is 1. The lowest BCUT2D eigenvalue weighted by molar-refractivity contribution is -0.124. The van der Waals surface area contributed by atoms with Crippen LogP contribution >= 0.6 is 12.2 Å². The largest absolute Gasteiger partial charge is 0.493 e. The van der Waals surface area contributed by atoms with E-state index in [1.54, 1.807) is 19.2 Å². The minimum Gasteiger partial charge on any atom is -0.493 e. The number of aliphatic hydroxyl groups excluding tert-OH is 1. The molecule has 1 fully saturated rings. The second-order valence-corrected chi connectivity index (χ2v) is 8.93. The molecule has 0 atom stereocenters. The van der Waals surface area contributed by atoms with Crippen LogP contribution in [0, 0.1) is 6.92 Å². The van der Waals surface area contributed by atoms with Crippen molar-refractivity contribution in [3.05, 3.63) is 36.4 Å². The van der Waals surface area contributed by atoms with Crippen LogP contribution < -0.4 is 25.4 Å². The smallest absolute Gasteiger partial charge is 0.258 e. The number of amides is 1. The lowest BCUT2D eigenvalue weighted by atomic mass is 10.1. The zero-order valence-electron chi connectivity index (χ0n) is 20.5. The van der Waals surface area contributed by atoms with Crippen LogP contribution in [0.2, 0.25) is 0 Å². The Morgan fingerprint density at radius 1 is 1.26 bits per heavy atom. The molecule has 2 heterocycles. The topological polar surface area (TPSA) is 113 Å². The average molecular weight is 505 g/mol. The molecule has 192 valence electrons. The summed E-state index contributed by atoms with van der Waals surface area (Å²) in [7, 11) is 1.56. The minimum absolute atomic E-state index is 0.0870. The van der Waals surface area contributed by atoms with Gasteiger partial charge in [0.05, 0.1) is 20.0 Å². The van der Waals surface area contributed by atoms with Crippen molar-refractivity contribution in [3.8, 4) is 11.5 Å². The number of aliphatic hydroxyl groups is 1. The van der Waals surface area contributed by atoms with E-state index in [2.05, 4.69) is 30.4 Å². The molecule has 1 aromatic heterocycles. The third-order valence-electron chi connectivity index (χ3n) is 5.93. The summed E-state index contributed by atoms with van der Waals surface area (Å²) >= 11 is 5.39. The number of imidazole rings is 1. The summed E-state index contributed by atoms with van der Waals surface area (Å²) in [4.78, 5) is 18.7. The van der Waals surface area contributed by atoms with E-state index < -0.39 is 0 Å². The Morgan fingerprint density at radius 2 is 2.06 bits per heavy atom. The van der Waals surface area contributed by atoms with E-state index in [1.165, 1.54) is 0 Å². The molecule has 0 spiro atoms. The maximum absolute atomic E-state index is 12.3. The molecule has 3 rings (SSSR count). The summed E-state index contributed by atoms with van der Waals surface area (Å²) in [6, 6.07) is 5.50. The quantitative estimate of drug-likeness (QED) is 0.252. The van der Waals surface area contributed by atoms with Gasteiger partial charge in [-0.25, -0.2) is 4.98 Å². The standard InChI is InChI=1S/C24H36N6O4S/c1-18-15-25-17-30(18)9-3-8-26-24(35)28-20-4-5-21(22(14-20)33-2)34-16-23(32)27-19-6-10-29(11-7-19)12-13-31/h4-5,14-15,17,19,31H,3,6-13,16H2,1-2H3,(H,27,32)(H2,26,28,35). The van der Waals surface area contributed by atoms with Crippen LogP contribution in [0.25, 0.3) is 0 Å². The number of benzene rings is 1. The average Bonchev–Trinajstić information content (AvgIpc) is 3.26. The molecule has 2 aromatic rings. The Hall–Kier alpha value is -2.89. The second-order valence-electron chi connectivity index (χ2n) is 8.52. The van der Waals surface area contributed by atoms with Crippen molar-refractivity contribution in [3.63, 3.8) is 0 Å². The van der Waals surface area contributed by atoms with Gasteiger partial charge in [0.15, 0.2) is 23.2 Å². The molecule has 4 N–H and O–H groups in total. The van der Waals surface area contributed by atoms with E-state index in [0.29, 0.717) is 23.2 Å². The SMILES string of the molecule is COc1cc(NC(=S)NCCCn2cncc2C)ccc1OCC(=O)NC1CCN(CCO)CC1. The highest BCUT2D eigenvalue weighted by atomic mass is 32.1. The first-order valence-corrected chi connectivity index (χ1v) is 12.3. The number of hydrogen-bond acceptors (Lipinski definition) is 7. The second kappa shape index (κ2) is 13.9. The Bertz CT molecular complexity index is 961. The number of ether oxygens (including phenoxy) is 2. The van der Waals surface area contributed by atoms with Crippen molar-refractivity contribution in [2.24, 2.45) is 0 Å². The summed E-state index contributed by atoms with van der Waals surface area (Å²) in [5.41, 5.74) is 1.90. The predicted molar refractivity (Wildman–Crippen MR) is 139 cm³/mol. The molecule has 0 saturated carbocycles. The monoisotopic (exact) mass is 504 g/mol. The number of carbonyl (C=O) groups is 1. The van der Waals surface area contributed by atoms with E-state index in [4.69, 9.17) is 26.8 Å². The van der Waals surface area contributed by atoms with Gasteiger partial charge in [0.1, 0.15) is 0 Å². The van der Waals surface area contributed by atoms with Gasteiger partial charge in [-0.3, -0.25) is 4.79 Å². The third kappa shape index (κ3) is 8.68. The van der Waals surface area contributed by atoms with E-state index in [-0.39, 0.29) is 25.2 Å². The number of carbonyl (C=O) groups excluding carboxylic acids is 1. The zero-order valence-corrected chi connectivity index (χ0v) is 21.3. The van der Waals surface area contributed by atoms with E-state index in [0.717, 1.165) is 56.8 Å². The van der Waals surface area contributed by atoms with Gasteiger partial charge in [-0.15, -0.1) is 0 Å². The first kappa shape index (κ1) is 26.7. The van der Waals surface area contributed by atoms with Crippen molar-refractivity contribution in [1.29, 1.82) is 0 Å². The molecule has 10 nitrogen and oxygen atoms in total. The Labute approximate surface area is 212 Å². The van der Waals surface area contributed by atoms with E-state index >= 15 is 0 Å². The molecule has 0 unspecified atom stereocenters. The molecule has 1 aromatic carbocycles. The summed E-state index contributed by atoms with van der Waals surface area (Å²) in [5.74, 6) is 0.838. The molecular formula is C24H36N6O4S. The fourth-order valence-corrected chi connectivity index (χ4v) is 4.19. The van der Waals surface area contributed by atoms with Crippen LogP contribution in [0.5, 0.6) is 11.5 Å². The molecule has 35 heavy (non-hydrogen) atoms. The lowest BCUT2D eigenvalue weighted by Gasteiger charge is -2.31. The van der Waals surface area contributed by atoms with Gasteiger partial charge < -0.3 is 40.0 Å². The number of anilines is 1. The number of nitrogens with one attached hydrogen (secondary N) is 3. The zero-order chi connectivity index (χ0) is 25.0. The number of nitrogens with zero attached hydrogens (tertiary/aromatic N) is 3. The Kier molecular flexibility index (Phi) is 10.6. The number of hydrogen-bond donors (Lipinski definition) is 4. The Morgan fingerprint density at radius 3 is 2.74 bits per heavy atom. The molecule has 0 bridgehead atoms. The fraction of sp³-hybridized carbons (Fsp3) is 0.542. The molecule has 1 amide bonds. The lowest BCUT2D eigenvalue weighted by Crippen LogP contribution is -2.46. The molecular weight excluding hydrogens is 468 g/mol. The molecule has 1 aliphatic heterocycles. The van der Waals surface area contributed by atoms with Gasteiger partial charge in [0.2, 0.25) is 0 Å². The highest BCUT2D eigenvalue weighted by Gasteiger charge is 2.20. The van der Waals surface area contributed by atoms with Crippen molar-refractivity contribution in [2.45, 2.75) is 38.8 Å². The fourth-order valence-electron chi connectivity index (χ4n) is 3.97. The maximum Gasteiger partial charge on any atom is 0.258 e. The van der Waals surface area contributed by atoms with Crippen LogP contribution in [0.4, 0.5) is 5.69 Å². The number of aryl methyl sites for hydroxylation is 2. The molecule has 0 aliphatic carbocycles.